The van der Waals surface area contributed by atoms with Crippen molar-refractivity contribution in [3.05, 3.63) is 0 Å². The van der Waals surface area contributed by atoms with E-state index >= 15 is 0 Å². The van der Waals surface area contributed by atoms with Gasteiger partial charge in [-0.05, 0) is 19.3 Å². The van der Waals surface area contributed by atoms with Crippen LogP contribution in [-0.4, -0.2) is 24.5 Å². The number of hydrogen-bond donors (Lipinski definition) is 2. The van der Waals surface area contributed by atoms with Gasteiger partial charge in [0.15, 0.2) is 0 Å². The summed E-state index contributed by atoms with van der Waals surface area (Å²) < 4.78 is 0. The summed E-state index contributed by atoms with van der Waals surface area (Å²) in [6.45, 7) is 7.59. The van der Waals surface area contributed by atoms with Crippen molar-refractivity contribution < 1.29 is 4.79 Å². The van der Waals surface area contributed by atoms with Crippen molar-refractivity contribution in [3.8, 4) is 0 Å². The van der Waals surface area contributed by atoms with Gasteiger partial charge in [-0.15, -0.1) is 0 Å². The Morgan fingerprint density at radius 1 is 1.57 bits per heavy atom. The van der Waals surface area contributed by atoms with Crippen molar-refractivity contribution in [2.45, 2.75) is 52.1 Å². The minimum Gasteiger partial charge on any atom is -0.352 e. The number of carbonyl (C=O) groups excluding carboxylic acids is 1. The van der Waals surface area contributed by atoms with Crippen LogP contribution in [0.15, 0.2) is 0 Å². The summed E-state index contributed by atoms with van der Waals surface area (Å²) in [5.41, 5.74) is 0. The van der Waals surface area contributed by atoms with Gasteiger partial charge in [0.25, 0.3) is 0 Å². The largest absolute Gasteiger partial charge is 0.352 e. The summed E-state index contributed by atoms with van der Waals surface area (Å²) in [5.74, 6) is 0.903. The van der Waals surface area contributed by atoms with E-state index in [0.29, 0.717) is 24.4 Å². The molecule has 1 rings (SSSR count). The summed E-state index contributed by atoms with van der Waals surface area (Å²) in [4.78, 5) is 10.9. The summed E-state index contributed by atoms with van der Waals surface area (Å²) in [5, 5.41) is 6.45. The predicted octanol–water partition coefficient (Wildman–Crippen LogP) is 1.29. The maximum absolute atomic E-state index is 10.9. The Kier molecular flexibility index (Phi) is 4.39. The minimum absolute atomic E-state index is 0.202. The molecule has 3 unspecified atom stereocenters. The van der Waals surface area contributed by atoms with E-state index in [0.717, 1.165) is 13.0 Å². The van der Waals surface area contributed by atoms with Gasteiger partial charge >= 0.3 is 0 Å². The van der Waals surface area contributed by atoms with Crippen molar-refractivity contribution in [1.29, 1.82) is 0 Å². The van der Waals surface area contributed by atoms with Gasteiger partial charge in [0.05, 0.1) is 0 Å². The number of amides is 1. The number of nitrogens with one attached hydrogen (secondary N) is 2. The molecule has 14 heavy (non-hydrogen) atoms. The molecule has 0 aromatic rings. The monoisotopic (exact) mass is 198 g/mol. The molecule has 0 saturated carbocycles. The molecule has 0 aliphatic carbocycles. The molecule has 0 bridgehead atoms. The van der Waals surface area contributed by atoms with E-state index in [1.54, 1.807) is 0 Å². The lowest BCUT2D eigenvalue weighted by Crippen LogP contribution is -2.41. The SMILES string of the molecule is CCC(C)C(C)NCC1CCC(=O)N1. The first-order chi connectivity index (χ1) is 6.63. The quantitative estimate of drug-likeness (QED) is 0.699. The number of carbonyl (C=O) groups is 1. The Labute approximate surface area is 86.6 Å². The van der Waals surface area contributed by atoms with Gasteiger partial charge in [-0.3, -0.25) is 4.79 Å². The molecule has 0 aromatic carbocycles. The van der Waals surface area contributed by atoms with Gasteiger partial charge in [0.1, 0.15) is 0 Å². The van der Waals surface area contributed by atoms with Crippen LogP contribution >= 0.6 is 0 Å². The summed E-state index contributed by atoms with van der Waals surface area (Å²) in [6, 6.07) is 0.895. The molecule has 1 amide bonds. The molecule has 82 valence electrons. The lowest BCUT2D eigenvalue weighted by Gasteiger charge is -2.22. The molecule has 1 fully saturated rings. The van der Waals surface area contributed by atoms with Gasteiger partial charge in [0, 0.05) is 25.0 Å². The lowest BCUT2D eigenvalue weighted by atomic mass is 10.0. The van der Waals surface area contributed by atoms with Crippen LogP contribution in [0.2, 0.25) is 0 Å². The Balaban J connectivity index is 2.17. The van der Waals surface area contributed by atoms with E-state index in [1.807, 2.05) is 0 Å². The standard InChI is InChI=1S/C11H22N2O/c1-4-8(2)9(3)12-7-10-5-6-11(14)13-10/h8-10,12H,4-7H2,1-3H3,(H,13,14). The zero-order valence-electron chi connectivity index (χ0n) is 9.47. The van der Waals surface area contributed by atoms with Crippen molar-refractivity contribution in [2.75, 3.05) is 6.54 Å². The van der Waals surface area contributed by atoms with Crippen LogP contribution in [0.5, 0.6) is 0 Å². The maximum atomic E-state index is 10.9. The van der Waals surface area contributed by atoms with E-state index < -0.39 is 0 Å². The fourth-order valence-corrected chi connectivity index (χ4v) is 1.71. The number of rotatable bonds is 5. The van der Waals surface area contributed by atoms with E-state index in [1.165, 1.54) is 6.42 Å². The molecular weight excluding hydrogens is 176 g/mol. The molecule has 1 heterocycles. The average molecular weight is 198 g/mol. The molecule has 3 nitrogen and oxygen atoms in total. The first kappa shape index (κ1) is 11.5. The van der Waals surface area contributed by atoms with Gasteiger partial charge in [-0.2, -0.15) is 0 Å². The van der Waals surface area contributed by atoms with E-state index in [2.05, 4.69) is 31.4 Å². The lowest BCUT2D eigenvalue weighted by molar-refractivity contribution is -0.119. The Morgan fingerprint density at radius 3 is 2.79 bits per heavy atom. The van der Waals surface area contributed by atoms with E-state index in [9.17, 15) is 4.79 Å². The molecule has 1 saturated heterocycles. The van der Waals surface area contributed by atoms with Crippen LogP contribution in [0.3, 0.4) is 0 Å². The third-order valence-corrected chi connectivity index (χ3v) is 3.27. The highest BCUT2D eigenvalue weighted by Gasteiger charge is 2.21. The van der Waals surface area contributed by atoms with Crippen molar-refractivity contribution >= 4 is 5.91 Å². The second-order valence-electron chi connectivity index (χ2n) is 4.39. The molecule has 0 spiro atoms. The van der Waals surface area contributed by atoms with Crippen LogP contribution < -0.4 is 10.6 Å². The molecule has 1 aliphatic heterocycles. The summed E-state index contributed by atoms with van der Waals surface area (Å²) >= 11 is 0. The predicted molar refractivity (Wildman–Crippen MR) is 58.1 cm³/mol. The topological polar surface area (TPSA) is 41.1 Å². The normalized spacial score (nSPS) is 25.9. The maximum Gasteiger partial charge on any atom is 0.220 e. The van der Waals surface area contributed by atoms with Crippen LogP contribution in [0.1, 0.15) is 40.0 Å². The molecule has 3 atom stereocenters. The van der Waals surface area contributed by atoms with Crippen LogP contribution in [-0.2, 0) is 4.79 Å². The smallest absolute Gasteiger partial charge is 0.220 e. The molecule has 0 radical (unpaired) electrons. The van der Waals surface area contributed by atoms with E-state index in [-0.39, 0.29) is 5.91 Å². The minimum atomic E-state index is 0.202. The van der Waals surface area contributed by atoms with Gasteiger partial charge in [-0.25, -0.2) is 0 Å². The van der Waals surface area contributed by atoms with Crippen molar-refractivity contribution in [3.63, 3.8) is 0 Å². The molecule has 0 aromatic heterocycles. The Morgan fingerprint density at radius 2 is 2.29 bits per heavy atom. The van der Waals surface area contributed by atoms with Crippen molar-refractivity contribution in [2.24, 2.45) is 5.92 Å². The highest BCUT2D eigenvalue weighted by atomic mass is 16.1. The Hall–Kier alpha value is -0.570. The van der Waals surface area contributed by atoms with E-state index in [4.69, 9.17) is 0 Å². The van der Waals surface area contributed by atoms with Gasteiger partial charge < -0.3 is 10.6 Å². The molecular formula is C11H22N2O. The summed E-state index contributed by atoms with van der Waals surface area (Å²) in [6.07, 6.45) is 2.88. The van der Waals surface area contributed by atoms with Crippen LogP contribution in [0.4, 0.5) is 0 Å². The number of hydrogen-bond acceptors (Lipinski definition) is 2. The molecule has 1 aliphatic rings. The average Bonchev–Trinajstić information content (AvgIpc) is 2.59. The first-order valence-corrected chi connectivity index (χ1v) is 5.66. The zero-order chi connectivity index (χ0) is 10.6. The third-order valence-electron chi connectivity index (χ3n) is 3.27. The Bertz CT molecular complexity index is 194. The fourth-order valence-electron chi connectivity index (χ4n) is 1.71. The van der Waals surface area contributed by atoms with Gasteiger partial charge in [-0.1, -0.05) is 20.3 Å². The highest BCUT2D eigenvalue weighted by molar-refractivity contribution is 5.78. The summed E-state index contributed by atoms with van der Waals surface area (Å²) in [7, 11) is 0. The van der Waals surface area contributed by atoms with Crippen molar-refractivity contribution in [1.82, 2.24) is 10.6 Å². The van der Waals surface area contributed by atoms with Gasteiger partial charge in [0.2, 0.25) is 5.91 Å². The fraction of sp³-hybridized carbons (Fsp3) is 0.909. The van der Waals surface area contributed by atoms with Crippen LogP contribution in [0, 0.1) is 5.92 Å². The zero-order valence-corrected chi connectivity index (χ0v) is 9.47. The molecule has 2 N–H and O–H groups in total. The third kappa shape index (κ3) is 3.29. The first-order valence-electron chi connectivity index (χ1n) is 5.66. The highest BCUT2D eigenvalue weighted by Crippen LogP contribution is 2.09. The van der Waals surface area contributed by atoms with Crippen LogP contribution in [0.25, 0.3) is 0 Å². The second kappa shape index (κ2) is 5.35. The second-order valence-corrected chi connectivity index (χ2v) is 4.39. The molecule has 3 heteroatoms.